The van der Waals surface area contributed by atoms with Crippen LogP contribution in [-0.4, -0.2) is 13.2 Å². The van der Waals surface area contributed by atoms with Gasteiger partial charge in [-0.1, -0.05) is 15.9 Å². The van der Waals surface area contributed by atoms with E-state index in [2.05, 4.69) is 34.2 Å². The molecule has 1 aliphatic rings. The third-order valence-corrected chi connectivity index (χ3v) is 3.21. The lowest BCUT2D eigenvalue weighted by Crippen LogP contribution is -2.21. The summed E-state index contributed by atoms with van der Waals surface area (Å²) in [7, 11) is 1.72. The number of ether oxygens (including phenoxy) is 1. The van der Waals surface area contributed by atoms with Gasteiger partial charge >= 0.3 is 0 Å². The minimum absolute atomic E-state index is 0.352. The largest absolute Gasteiger partial charge is 0.496 e. The molecule has 1 aliphatic carbocycles. The van der Waals surface area contributed by atoms with E-state index >= 15 is 0 Å². The van der Waals surface area contributed by atoms with Crippen molar-refractivity contribution in [2.24, 2.45) is 0 Å². The first-order valence-corrected chi connectivity index (χ1v) is 6.09. The molecule has 2 rings (SSSR count). The zero-order chi connectivity index (χ0) is 10.8. The average molecular weight is 270 g/mol. The maximum absolute atomic E-state index is 5.36. The molecule has 1 unspecified atom stereocenters. The van der Waals surface area contributed by atoms with Gasteiger partial charge in [-0.15, -0.1) is 0 Å². The zero-order valence-corrected chi connectivity index (χ0v) is 10.7. The highest BCUT2D eigenvalue weighted by atomic mass is 79.9. The van der Waals surface area contributed by atoms with Crippen molar-refractivity contribution in [2.75, 3.05) is 7.11 Å². The first-order valence-electron chi connectivity index (χ1n) is 5.30. The van der Waals surface area contributed by atoms with Crippen molar-refractivity contribution in [3.63, 3.8) is 0 Å². The zero-order valence-electron chi connectivity index (χ0n) is 9.09. The van der Waals surface area contributed by atoms with E-state index in [0.29, 0.717) is 12.1 Å². The van der Waals surface area contributed by atoms with Gasteiger partial charge in [0, 0.05) is 22.1 Å². The molecule has 0 bridgehead atoms. The molecule has 1 atom stereocenters. The Bertz CT molecular complexity index is 349. The summed E-state index contributed by atoms with van der Waals surface area (Å²) in [4.78, 5) is 0. The van der Waals surface area contributed by atoms with E-state index in [0.717, 1.165) is 10.2 Å². The summed E-state index contributed by atoms with van der Waals surface area (Å²) in [5.41, 5.74) is 1.22. The van der Waals surface area contributed by atoms with E-state index in [1.165, 1.54) is 18.4 Å². The van der Waals surface area contributed by atoms with Gasteiger partial charge in [-0.3, -0.25) is 0 Å². The molecule has 0 saturated heterocycles. The van der Waals surface area contributed by atoms with Crippen LogP contribution in [0.4, 0.5) is 0 Å². The summed E-state index contributed by atoms with van der Waals surface area (Å²) < 4.78 is 6.46. The molecule has 82 valence electrons. The lowest BCUT2D eigenvalue weighted by molar-refractivity contribution is 0.401. The standard InChI is InChI=1S/C12H16BrNO/c1-8(14-10-4-5-10)11-7-9(13)3-6-12(11)15-2/h3,6-8,10,14H,4-5H2,1-2H3. The fraction of sp³-hybridized carbons (Fsp3) is 0.500. The number of halogens is 1. The second-order valence-electron chi connectivity index (χ2n) is 4.05. The van der Waals surface area contributed by atoms with Crippen molar-refractivity contribution in [1.29, 1.82) is 0 Å². The lowest BCUT2D eigenvalue weighted by Gasteiger charge is -2.17. The van der Waals surface area contributed by atoms with E-state index in [1.54, 1.807) is 7.11 Å². The molecule has 0 spiro atoms. The Kier molecular flexibility index (Phi) is 3.32. The predicted molar refractivity (Wildman–Crippen MR) is 65.3 cm³/mol. The molecule has 0 radical (unpaired) electrons. The maximum Gasteiger partial charge on any atom is 0.123 e. The summed E-state index contributed by atoms with van der Waals surface area (Å²) in [6.07, 6.45) is 2.61. The molecule has 0 amide bonds. The van der Waals surface area contributed by atoms with Crippen molar-refractivity contribution < 1.29 is 4.74 Å². The topological polar surface area (TPSA) is 21.3 Å². The summed E-state index contributed by atoms with van der Waals surface area (Å²) in [5.74, 6) is 0.957. The van der Waals surface area contributed by atoms with Crippen LogP contribution in [0.2, 0.25) is 0 Å². The summed E-state index contributed by atoms with van der Waals surface area (Å²) in [6.45, 7) is 2.18. The fourth-order valence-electron chi connectivity index (χ4n) is 1.74. The number of hydrogen-bond acceptors (Lipinski definition) is 2. The highest BCUT2D eigenvalue weighted by molar-refractivity contribution is 9.10. The lowest BCUT2D eigenvalue weighted by atomic mass is 10.1. The minimum Gasteiger partial charge on any atom is -0.496 e. The maximum atomic E-state index is 5.36. The highest BCUT2D eigenvalue weighted by Crippen LogP contribution is 2.31. The minimum atomic E-state index is 0.352. The van der Waals surface area contributed by atoms with E-state index < -0.39 is 0 Å². The first kappa shape index (κ1) is 11.0. The van der Waals surface area contributed by atoms with Crippen LogP contribution in [0, 0.1) is 0 Å². The molecular weight excluding hydrogens is 254 g/mol. The fourth-order valence-corrected chi connectivity index (χ4v) is 2.12. The van der Waals surface area contributed by atoms with E-state index in [1.807, 2.05) is 12.1 Å². The van der Waals surface area contributed by atoms with Gasteiger partial charge in [-0.05, 0) is 38.0 Å². The SMILES string of the molecule is COc1ccc(Br)cc1C(C)NC1CC1. The normalized spacial score (nSPS) is 17.5. The molecule has 2 nitrogen and oxygen atoms in total. The van der Waals surface area contributed by atoms with Gasteiger partial charge in [0.1, 0.15) is 5.75 Å². The van der Waals surface area contributed by atoms with Gasteiger partial charge in [0.15, 0.2) is 0 Å². The molecular formula is C12H16BrNO. The van der Waals surface area contributed by atoms with Crippen LogP contribution in [-0.2, 0) is 0 Å². The second-order valence-corrected chi connectivity index (χ2v) is 4.96. The van der Waals surface area contributed by atoms with E-state index in [9.17, 15) is 0 Å². The Morgan fingerprint density at radius 2 is 2.20 bits per heavy atom. The van der Waals surface area contributed by atoms with Gasteiger partial charge in [0.2, 0.25) is 0 Å². The van der Waals surface area contributed by atoms with Crippen molar-refractivity contribution in [3.05, 3.63) is 28.2 Å². The van der Waals surface area contributed by atoms with Crippen molar-refractivity contribution >= 4 is 15.9 Å². The van der Waals surface area contributed by atoms with Crippen LogP contribution in [0.5, 0.6) is 5.75 Å². The van der Waals surface area contributed by atoms with Crippen LogP contribution in [0.15, 0.2) is 22.7 Å². The Hall–Kier alpha value is -0.540. The van der Waals surface area contributed by atoms with Gasteiger partial charge in [-0.25, -0.2) is 0 Å². The molecule has 3 heteroatoms. The predicted octanol–water partition coefficient (Wildman–Crippen LogP) is 3.27. The molecule has 1 aromatic carbocycles. The number of rotatable bonds is 4. The van der Waals surface area contributed by atoms with Crippen LogP contribution >= 0.6 is 15.9 Å². The average Bonchev–Trinajstić information content (AvgIpc) is 3.01. The Balaban J connectivity index is 2.18. The molecule has 0 aromatic heterocycles. The van der Waals surface area contributed by atoms with Crippen LogP contribution in [0.25, 0.3) is 0 Å². The monoisotopic (exact) mass is 269 g/mol. The van der Waals surface area contributed by atoms with Crippen LogP contribution in [0.3, 0.4) is 0 Å². The van der Waals surface area contributed by atoms with Gasteiger partial charge in [0.25, 0.3) is 0 Å². The number of nitrogens with one attached hydrogen (secondary N) is 1. The van der Waals surface area contributed by atoms with Crippen molar-refractivity contribution in [2.45, 2.75) is 31.8 Å². The van der Waals surface area contributed by atoms with Crippen molar-refractivity contribution in [1.82, 2.24) is 5.32 Å². The van der Waals surface area contributed by atoms with Gasteiger partial charge < -0.3 is 10.1 Å². The molecule has 1 fully saturated rings. The summed E-state index contributed by atoms with van der Waals surface area (Å²) >= 11 is 3.49. The van der Waals surface area contributed by atoms with Crippen molar-refractivity contribution in [3.8, 4) is 5.75 Å². The van der Waals surface area contributed by atoms with E-state index in [4.69, 9.17) is 4.74 Å². The van der Waals surface area contributed by atoms with Gasteiger partial charge in [-0.2, -0.15) is 0 Å². The van der Waals surface area contributed by atoms with Crippen LogP contribution in [0.1, 0.15) is 31.4 Å². The smallest absolute Gasteiger partial charge is 0.123 e. The number of methoxy groups -OCH3 is 1. The van der Waals surface area contributed by atoms with Gasteiger partial charge in [0.05, 0.1) is 7.11 Å². The second kappa shape index (κ2) is 4.54. The molecule has 1 saturated carbocycles. The third kappa shape index (κ3) is 2.73. The molecule has 1 N–H and O–H groups in total. The molecule has 1 aromatic rings. The molecule has 0 heterocycles. The quantitative estimate of drug-likeness (QED) is 0.906. The first-order chi connectivity index (χ1) is 7.20. The Morgan fingerprint density at radius 1 is 1.47 bits per heavy atom. The molecule has 15 heavy (non-hydrogen) atoms. The summed E-state index contributed by atoms with van der Waals surface area (Å²) in [6, 6.07) is 7.20. The Morgan fingerprint density at radius 3 is 2.80 bits per heavy atom. The number of benzene rings is 1. The third-order valence-electron chi connectivity index (χ3n) is 2.72. The Labute approximate surface area is 99.1 Å². The summed E-state index contributed by atoms with van der Waals surface area (Å²) in [5, 5.41) is 3.57. The highest BCUT2D eigenvalue weighted by Gasteiger charge is 2.24. The van der Waals surface area contributed by atoms with Crippen LogP contribution < -0.4 is 10.1 Å². The molecule has 0 aliphatic heterocycles. The number of hydrogen-bond donors (Lipinski definition) is 1. The van der Waals surface area contributed by atoms with E-state index in [-0.39, 0.29) is 0 Å².